The predicted molar refractivity (Wildman–Crippen MR) is 43.1 cm³/mol. The van der Waals surface area contributed by atoms with Crippen molar-refractivity contribution in [3.05, 3.63) is 0 Å². The molecule has 0 radical (unpaired) electrons. The third-order valence-electron chi connectivity index (χ3n) is 1.07. The number of rotatable bonds is 4. The summed E-state index contributed by atoms with van der Waals surface area (Å²) in [6, 6.07) is 0. The fourth-order valence-corrected chi connectivity index (χ4v) is 0.590. The molecular formula is C7H15N2+. The lowest BCUT2D eigenvalue weighted by Gasteiger charge is -2.05. The molecule has 0 aliphatic carbocycles. The van der Waals surface area contributed by atoms with Crippen molar-refractivity contribution in [1.82, 2.24) is 9.57 Å². The van der Waals surface area contributed by atoms with Crippen molar-refractivity contribution in [3.63, 3.8) is 0 Å². The molecule has 0 rings (SSSR count). The van der Waals surface area contributed by atoms with E-state index in [9.17, 15) is 0 Å². The second-order valence-corrected chi connectivity index (χ2v) is 2.31. The van der Waals surface area contributed by atoms with Crippen LogP contribution in [0.5, 0.6) is 0 Å². The summed E-state index contributed by atoms with van der Waals surface area (Å²) >= 11 is 0. The molecule has 0 spiro atoms. The first-order valence-corrected chi connectivity index (χ1v) is 3.19. The Morgan fingerprint density at radius 3 is 2.67 bits per heavy atom. The largest absolute Gasteiger partial charge is 0.309 e. The Kier molecular flexibility index (Phi) is 5.18. The third kappa shape index (κ3) is 7.41. The summed E-state index contributed by atoms with van der Waals surface area (Å²) in [5.41, 5.74) is 0. The van der Waals surface area contributed by atoms with Gasteiger partial charge in [0.05, 0.1) is 0 Å². The Morgan fingerprint density at radius 1 is 1.56 bits per heavy atom. The first-order chi connectivity index (χ1) is 4.27. The highest BCUT2D eigenvalue weighted by Crippen LogP contribution is 1.84. The van der Waals surface area contributed by atoms with Crippen LogP contribution in [0.1, 0.15) is 12.8 Å². The maximum Gasteiger partial charge on any atom is 0.268 e. The zero-order valence-corrected chi connectivity index (χ0v) is 6.30. The molecule has 0 aliphatic heterocycles. The predicted octanol–water partition coefficient (Wildman–Crippen LogP) is 0.167. The molecule has 0 atom stereocenters. The van der Waals surface area contributed by atoms with Crippen molar-refractivity contribution in [2.24, 2.45) is 0 Å². The molecule has 0 aliphatic rings. The maximum atomic E-state index is 3.64. The summed E-state index contributed by atoms with van der Waals surface area (Å²) in [6.45, 7) is 4.49. The molecule has 0 aromatic carbocycles. The van der Waals surface area contributed by atoms with Crippen LogP contribution in [-0.2, 0) is 0 Å². The number of nitrogens with zero attached hydrogens (tertiary/aromatic N) is 2. The van der Waals surface area contributed by atoms with Gasteiger partial charge in [0, 0.05) is 6.42 Å². The van der Waals surface area contributed by atoms with Gasteiger partial charge in [0.2, 0.25) is 0 Å². The van der Waals surface area contributed by atoms with Gasteiger partial charge in [0.25, 0.3) is 12.9 Å². The van der Waals surface area contributed by atoms with Gasteiger partial charge in [-0.1, -0.05) is 0 Å². The lowest BCUT2D eigenvalue weighted by atomic mass is 10.3. The summed E-state index contributed by atoms with van der Waals surface area (Å²) in [5, 5.41) is 0. The monoisotopic (exact) mass is 127 g/mol. The highest BCUT2D eigenvalue weighted by atomic mass is 15.0. The maximum absolute atomic E-state index is 3.64. The first kappa shape index (κ1) is 8.41. The van der Waals surface area contributed by atoms with Gasteiger partial charge >= 0.3 is 0 Å². The first-order valence-electron chi connectivity index (χ1n) is 3.19. The van der Waals surface area contributed by atoms with Gasteiger partial charge in [0.1, 0.15) is 0 Å². The van der Waals surface area contributed by atoms with Gasteiger partial charge in [-0.3, -0.25) is 0 Å². The number of hydrogen-bond donors (Lipinski definition) is 0. The van der Waals surface area contributed by atoms with E-state index in [0.29, 0.717) is 0 Å². The number of unbranched alkanes of at least 4 members (excludes halogenated alkanes) is 1. The van der Waals surface area contributed by atoms with Gasteiger partial charge in [-0.15, -0.1) is 4.67 Å². The molecule has 0 amide bonds. The van der Waals surface area contributed by atoms with Crippen molar-refractivity contribution < 1.29 is 0 Å². The van der Waals surface area contributed by atoms with E-state index in [-0.39, 0.29) is 0 Å². The smallest absolute Gasteiger partial charge is 0.268 e. The second-order valence-electron chi connectivity index (χ2n) is 2.31. The lowest BCUT2D eigenvalue weighted by Crippen LogP contribution is -2.12. The minimum atomic E-state index is 1.04. The van der Waals surface area contributed by atoms with E-state index in [1.807, 2.05) is 6.21 Å². The molecule has 9 heavy (non-hydrogen) atoms. The molecule has 0 fully saturated rings. The molecule has 2 nitrogen and oxygen atoms in total. The zero-order valence-electron chi connectivity index (χ0n) is 6.30. The Hall–Kier alpha value is -0.590. The fraction of sp³-hybridized carbons (Fsp3) is 0.714. The van der Waals surface area contributed by atoms with Crippen LogP contribution in [0.4, 0.5) is 0 Å². The van der Waals surface area contributed by atoms with E-state index in [1.165, 1.54) is 6.42 Å². The Balaban J connectivity index is 3.00. The van der Waals surface area contributed by atoms with Crippen molar-refractivity contribution >= 4 is 12.9 Å². The van der Waals surface area contributed by atoms with Crippen molar-refractivity contribution in [2.45, 2.75) is 12.8 Å². The summed E-state index contributed by atoms with van der Waals surface area (Å²) in [7, 11) is 4.14. The summed E-state index contributed by atoms with van der Waals surface area (Å²) in [6.07, 6.45) is 4.07. The molecule has 52 valence electrons. The molecule has 0 aromatic rings. The van der Waals surface area contributed by atoms with Gasteiger partial charge in [-0.05, 0) is 27.1 Å². The Bertz CT molecular complexity index is 101. The standard InChI is InChI=1S/C7H15N2/c1-8-6-4-5-7-9(2)3/h6H,1,4-5,7H2,2-3H3/q+1. The molecule has 0 unspecified atom stereocenters. The topological polar surface area (TPSA) is 17.3 Å². The quantitative estimate of drug-likeness (QED) is 0.299. The molecule has 2 heteroatoms. The molecular weight excluding hydrogens is 112 g/mol. The van der Waals surface area contributed by atoms with Crippen molar-refractivity contribution in [1.29, 1.82) is 0 Å². The summed E-state index contributed by atoms with van der Waals surface area (Å²) in [4.78, 5) is 2.16. The van der Waals surface area contributed by atoms with Gasteiger partial charge in [0.15, 0.2) is 0 Å². The van der Waals surface area contributed by atoms with Crippen LogP contribution in [0, 0.1) is 0 Å². The van der Waals surface area contributed by atoms with Crippen LogP contribution in [0.2, 0.25) is 0 Å². The highest BCUT2D eigenvalue weighted by Gasteiger charge is 1.89. The lowest BCUT2D eigenvalue weighted by molar-refractivity contribution is 0.404. The van der Waals surface area contributed by atoms with Crippen molar-refractivity contribution in [3.8, 4) is 0 Å². The average molecular weight is 127 g/mol. The molecule has 0 aromatic heterocycles. The van der Waals surface area contributed by atoms with Crippen LogP contribution in [0.3, 0.4) is 0 Å². The number of hydrogen-bond acceptors (Lipinski definition) is 1. The second kappa shape index (κ2) is 5.54. The minimum absolute atomic E-state index is 1.04. The van der Waals surface area contributed by atoms with E-state index in [0.717, 1.165) is 13.0 Å². The van der Waals surface area contributed by atoms with Crippen LogP contribution >= 0.6 is 0 Å². The third-order valence-corrected chi connectivity index (χ3v) is 1.07. The summed E-state index contributed by atoms with van der Waals surface area (Å²) in [5.74, 6) is 0. The van der Waals surface area contributed by atoms with Crippen LogP contribution in [0.25, 0.3) is 0 Å². The highest BCUT2D eigenvalue weighted by molar-refractivity contribution is 5.57. The van der Waals surface area contributed by atoms with E-state index < -0.39 is 0 Å². The van der Waals surface area contributed by atoms with Crippen LogP contribution in [0.15, 0.2) is 0 Å². The van der Waals surface area contributed by atoms with E-state index in [1.54, 1.807) is 0 Å². The van der Waals surface area contributed by atoms with E-state index >= 15 is 0 Å². The molecule has 0 saturated heterocycles. The zero-order chi connectivity index (χ0) is 7.11. The van der Waals surface area contributed by atoms with E-state index in [4.69, 9.17) is 0 Å². The van der Waals surface area contributed by atoms with Gasteiger partial charge in [-0.2, -0.15) is 0 Å². The van der Waals surface area contributed by atoms with Gasteiger partial charge < -0.3 is 4.90 Å². The molecule has 0 bridgehead atoms. The van der Waals surface area contributed by atoms with E-state index in [2.05, 4.69) is 30.4 Å². The van der Waals surface area contributed by atoms with Crippen molar-refractivity contribution in [2.75, 3.05) is 20.6 Å². The Labute approximate surface area is 56.9 Å². The molecule has 0 saturated carbocycles. The fourth-order valence-electron chi connectivity index (χ4n) is 0.590. The molecule has 0 N–H and O–H groups in total. The van der Waals surface area contributed by atoms with Crippen LogP contribution in [-0.4, -0.2) is 38.5 Å². The normalized spacial score (nSPS) is 9.22. The summed E-state index contributed by atoms with van der Waals surface area (Å²) < 4.78 is 3.64. The van der Waals surface area contributed by atoms with Crippen LogP contribution < -0.4 is 4.67 Å². The minimum Gasteiger partial charge on any atom is -0.309 e. The average Bonchev–Trinajstić information content (AvgIpc) is 1.80. The van der Waals surface area contributed by atoms with Gasteiger partial charge in [-0.25, -0.2) is 0 Å². The molecule has 0 heterocycles. The SMILES string of the molecule is C=[N+]=CCCCN(C)C. The Morgan fingerprint density at radius 2 is 2.22 bits per heavy atom.